The normalized spacial score (nSPS) is 11.0. The average Bonchev–Trinajstić information content (AvgIpc) is 2.54. The van der Waals surface area contributed by atoms with E-state index in [1.54, 1.807) is 48.5 Å². The molecule has 0 spiro atoms. The molecule has 0 saturated carbocycles. The van der Waals surface area contributed by atoms with Crippen molar-refractivity contribution in [2.75, 3.05) is 4.72 Å². The highest BCUT2D eigenvalue weighted by Crippen LogP contribution is 2.25. The maximum atomic E-state index is 12.7. The van der Waals surface area contributed by atoms with Crippen LogP contribution < -0.4 is 4.72 Å². The summed E-state index contributed by atoms with van der Waals surface area (Å²) < 4.78 is 27.8. The summed E-state index contributed by atoms with van der Waals surface area (Å²) in [5.41, 5.74) is 0.559. The van der Waals surface area contributed by atoms with Crippen molar-refractivity contribution in [3.8, 4) is 6.07 Å². The van der Waals surface area contributed by atoms with Gasteiger partial charge in [-0.2, -0.15) is 5.26 Å². The molecule has 1 N–H and O–H groups in total. The molecule has 0 aromatic heterocycles. The Kier molecular flexibility index (Phi) is 3.53. The minimum absolute atomic E-state index is 0.193. The van der Waals surface area contributed by atoms with Crippen molar-refractivity contribution >= 4 is 26.5 Å². The number of nitrogens with one attached hydrogen (secondary N) is 1. The van der Waals surface area contributed by atoms with Crippen LogP contribution in [0.2, 0.25) is 0 Å². The molecule has 0 aliphatic carbocycles. The summed E-state index contributed by atoms with van der Waals surface area (Å²) in [6.07, 6.45) is 0. The number of benzene rings is 3. The number of anilines is 1. The largest absolute Gasteiger partial charge is 0.278 e. The zero-order valence-corrected chi connectivity index (χ0v) is 12.3. The number of nitriles is 1. The van der Waals surface area contributed by atoms with Crippen molar-refractivity contribution in [3.05, 3.63) is 72.3 Å². The van der Waals surface area contributed by atoms with Crippen LogP contribution >= 0.6 is 0 Å². The van der Waals surface area contributed by atoms with Crippen LogP contribution in [-0.4, -0.2) is 8.42 Å². The van der Waals surface area contributed by atoms with E-state index in [1.807, 2.05) is 24.3 Å². The van der Waals surface area contributed by atoms with Gasteiger partial charge in [0.1, 0.15) is 6.07 Å². The lowest BCUT2D eigenvalue weighted by molar-refractivity contribution is 0.602. The molecule has 5 heteroatoms. The number of para-hydroxylation sites is 1. The zero-order valence-electron chi connectivity index (χ0n) is 11.5. The van der Waals surface area contributed by atoms with Gasteiger partial charge >= 0.3 is 0 Å². The van der Waals surface area contributed by atoms with Gasteiger partial charge in [-0.15, -0.1) is 0 Å². The Morgan fingerprint density at radius 1 is 0.864 bits per heavy atom. The number of hydrogen-bond donors (Lipinski definition) is 1. The van der Waals surface area contributed by atoms with Crippen LogP contribution in [0.4, 0.5) is 5.69 Å². The molecule has 3 aromatic carbocycles. The van der Waals surface area contributed by atoms with Gasteiger partial charge in [-0.1, -0.05) is 48.5 Å². The van der Waals surface area contributed by atoms with Gasteiger partial charge in [0, 0.05) is 5.39 Å². The maximum Gasteiger partial charge on any atom is 0.262 e. The van der Waals surface area contributed by atoms with Crippen LogP contribution in [0.5, 0.6) is 0 Å². The van der Waals surface area contributed by atoms with E-state index < -0.39 is 10.0 Å². The average molecular weight is 308 g/mol. The second kappa shape index (κ2) is 5.51. The van der Waals surface area contributed by atoms with Gasteiger partial charge in [-0.3, -0.25) is 4.72 Å². The van der Waals surface area contributed by atoms with Crippen LogP contribution in [0.15, 0.2) is 71.6 Å². The molecule has 4 nitrogen and oxygen atoms in total. The molecular formula is C17H12N2O2S. The first-order chi connectivity index (χ1) is 10.6. The third-order valence-electron chi connectivity index (χ3n) is 3.33. The maximum absolute atomic E-state index is 12.7. The van der Waals surface area contributed by atoms with Crippen LogP contribution in [0.1, 0.15) is 5.56 Å². The van der Waals surface area contributed by atoms with Crippen LogP contribution in [-0.2, 0) is 10.0 Å². The Morgan fingerprint density at radius 3 is 2.36 bits per heavy atom. The second-order valence-electron chi connectivity index (χ2n) is 4.74. The molecule has 0 saturated heterocycles. The molecule has 0 radical (unpaired) electrons. The van der Waals surface area contributed by atoms with Gasteiger partial charge in [-0.05, 0) is 23.6 Å². The van der Waals surface area contributed by atoms with E-state index in [9.17, 15) is 8.42 Å². The summed E-state index contributed by atoms with van der Waals surface area (Å²) in [5, 5.41) is 10.6. The topological polar surface area (TPSA) is 70.0 Å². The summed E-state index contributed by atoms with van der Waals surface area (Å²) in [7, 11) is -3.77. The first kappa shape index (κ1) is 14.1. The van der Waals surface area contributed by atoms with E-state index in [2.05, 4.69) is 4.72 Å². The van der Waals surface area contributed by atoms with E-state index in [4.69, 9.17) is 5.26 Å². The lowest BCUT2D eigenvalue weighted by Crippen LogP contribution is -2.14. The summed E-state index contributed by atoms with van der Waals surface area (Å²) in [6, 6.07) is 20.9. The fourth-order valence-electron chi connectivity index (χ4n) is 2.30. The molecule has 0 bridgehead atoms. The van der Waals surface area contributed by atoms with Gasteiger partial charge in [0.25, 0.3) is 10.0 Å². The molecule has 22 heavy (non-hydrogen) atoms. The highest BCUT2D eigenvalue weighted by Gasteiger charge is 2.18. The Morgan fingerprint density at radius 2 is 1.55 bits per heavy atom. The molecule has 0 fully saturated rings. The molecule has 3 aromatic rings. The van der Waals surface area contributed by atoms with Crippen molar-refractivity contribution in [2.24, 2.45) is 0 Å². The third kappa shape index (κ3) is 2.52. The minimum Gasteiger partial charge on any atom is -0.278 e. The van der Waals surface area contributed by atoms with Crippen LogP contribution in [0.25, 0.3) is 10.8 Å². The first-order valence-corrected chi connectivity index (χ1v) is 8.10. The van der Waals surface area contributed by atoms with E-state index in [0.717, 1.165) is 5.39 Å². The number of hydrogen-bond acceptors (Lipinski definition) is 3. The quantitative estimate of drug-likeness (QED) is 0.805. The highest BCUT2D eigenvalue weighted by molar-refractivity contribution is 7.93. The van der Waals surface area contributed by atoms with E-state index in [-0.39, 0.29) is 16.1 Å². The highest BCUT2D eigenvalue weighted by atomic mass is 32.2. The molecule has 0 atom stereocenters. The predicted octanol–water partition coefficient (Wildman–Crippen LogP) is 3.51. The SMILES string of the molecule is N#Cc1ccccc1NS(=O)(=O)c1cccc2ccccc12. The lowest BCUT2D eigenvalue weighted by Gasteiger charge is -2.11. The lowest BCUT2D eigenvalue weighted by atomic mass is 10.1. The Balaban J connectivity index is 2.12. The number of nitrogens with zero attached hydrogens (tertiary/aromatic N) is 1. The Labute approximate surface area is 128 Å². The van der Waals surface area contributed by atoms with Gasteiger partial charge < -0.3 is 0 Å². The smallest absolute Gasteiger partial charge is 0.262 e. The predicted molar refractivity (Wildman–Crippen MR) is 85.9 cm³/mol. The molecule has 108 valence electrons. The van der Waals surface area contributed by atoms with Crippen LogP contribution in [0, 0.1) is 11.3 Å². The fourth-order valence-corrected chi connectivity index (χ4v) is 3.61. The standard InChI is InChI=1S/C17H12N2O2S/c18-12-14-7-2-4-10-16(14)19-22(20,21)17-11-5-8-13-6-1-3-9-15(13)17/h1-11,19H. The molecule has 0 aliphatic rings. The van der Waals surface area contributed by atoms with Gasteiger partial charge in [-0.25, -0.2) is 8.42 Å². The number of sulfonamides is 1. The third-order valence-corrected chi connectivity index (χ3v) is 4.75. The van der Waals surface area contributed by atoms with Crippen molar-refractivity contribution in [3.63, 3.8) is 0 Å². The summed E-state index contributed by atoms with van der Waals surface area (Å²) in [5.74, 6) is 0. The second-order valence-corrected chi connectivity index (χ2v) is 6.39. The first-order valence-electron chi connectivity index (χ1n) is 6.61. The molecular weight excluding hydrogens is 296 g/mol. The van der Waals surface area contributed by atoms with Gasteiger partial charge in [0.15, 0.2) is 0 Å². The van der Waals surface area contributed by atoms with E-state index in [1.165, 1.54) is 0 Å². The summed E-state index contributed by atoms with van der Waals surface area (Å²) in [4.78, 5) is 0.193. The molecule has 0 heterocycles. The number of fused-ring (bicyclic) bond motifs is 1. The minimum atomic E-state index is -3.77. The molecule has 0 unspecified atom stereocenters. The number of rotatable bonds is 3. The van der Waals surface area contributed by atoms with Crippen molar-refractivity contribution in [2.45, 2.75) is 4.90 Å². The Bertz CT molecular complexity index is 983. The Hall–Kier alpha value is -2.84. The van der Waals surface area contributed by atoms with Crippen molar-refractivity contribution in [1.29, 1.82) is 5.26 Å². The van der Waals surface area contributed by atoms with Gasteiger partial charge in [0.05, 0.1) is 16.1 Å². The zero-order chi connectivity index (χ0) is 15.6. The van der Waals surface area contributed by atoms with Crippen LogP contribution in [0.3, 0.4) is 0 Å². The monoisotopic (exact) mass is 308 g/mol. The van der Waals surface area contributed by atoms with Crippen molar-refractivity contribution < 1.29 is 8.42 Å². The molecule has 3 rings (SSSR count). The molecule has 0 amide bonds. The van der Waals surface area contributed by atoms with E-state index in [0.29, 0.717) is 5.39 Å². The molecule has 0 aliphatic heterocycles. The van der Waals surface area contributed by atoms with E-state index >= 15 is 0 Å². The fraction of sp³-hybridized carbons (Fsp3) is 0. The van der Waals surface area contributed by atoms with Crippen molar-refractivity contribution in [1.82, 2.24) is 0 Å². The van der Waals surface area contributed by atoms with Gasteiger partial charge in [0.2, 0.25) is 0 Å². The summed E-state index contributed by atoms with van der Waals surface area (Å²) >= 11 is 0. The summed E-state index contributed by atoms with van der Waals surface area (Å²) in [6.45, 7) is 0.